The highest BCUT2D eigenvalue weighted by Gasteiger charge is 2.19. The Morgan fingerprint density at radius 2 is 1.91 bits per heavy atom. The van der Waals surface area contributed by atoms with Crippen molar-refractivity contribution in [3.05, 3.63) is 60.0 Å². The highest BCUT2D eigenvalue weighted by molar-refractivity contribution is 5.98. The van der Waals surface area contributed by atoms with Gasteiger partial charge >= 0.3 is 0 Å². The number of rotatable bonds is 9. The number of methoxy groups -OCH3 is 1. The number of hydrogen-bond acceptors (Lipinski definition) is 7. The van der Waals surface area contributed by atoms with E-state index in [0.717, 1.165) is 17.4 Å². The molecule has 3 aromatic rings. The monoisotopic (exact) mass is 438 g/mol. The smallest absolute Gasteiger partial charge is 0.252 e. The SMILES string of the molecule is CC[C@@H](Nc1nc(Nc2ccnc(-c3ccc(OC)cc3)c2)c(C(N)=O)cc1F)[C@H](C)N. The number of ether oxygens (including phenoxy) is 1. The number of pyridine rings is 2. The van der Waals surface area contributed by atoms with Gasteiger partial charge in [-0.2, -0.15) is 0 Å². The Labute approximate surface area is 186 Å². The fourth-order valence-corrected chi connectivity index (χ4v) is 3.22. The number of amides is 1. The quantitative estimate of drug-likeness (QED) is 0.401. The van der Waals surface area contributed by atoms with E-state index in [0.29, 0.717) is 17.8 Å². The van der Waals surface area contributed by atoms with Gasteiger partial charge in [-0.1, -0.05) is 6.92 Å². The molecular formula is C23H27FN6O2. The van der Waals surface area contributed by atoms with E-state index in [2.05, 4.69) is 20.6 Å². The molecule has 0 aliphatic carbocycles. The maximum Gasteiger partial charge on any atom is 0.252 e. The summed E-state index contributed by atoms with van der Waals surface area (Å²) in [5.74, 6) is -0.619. The Morgan fingerprint density at radius 3 is 2.50 bits per heavy atom. The van der Waals surface area contributed by atoms with Gasteiger partial charge in [-0.3, -0.25) is 9.78 Å². The average Bonchev–Trinajstić information content (AvgIpc) is 2.79. The van der Waals surface area contributed by atoms with Gasteiger partial charge in [0.25, 0.3) is 5.91 Å². The molecule has 2 aromatic heterocycles. The van der Waals surface area contributed by atoms with Gasteiger partial charge in [0, 0.05) is 29.5 Å². The first-order valence-electron chi connectivity index (χ1n) is 10.2. The van der Waals surface area contributed by atoms with Gasteiger partial charge in [0.05, 0.1) is 18.4 Å². The van der Waals surface area contributed by atoms with Crippen LogP contribution in [0.1, 0.15) is 30.6 Å². The maximum atomic E-state index is 14.6. The number of benzene rings is 1. The molecule has 9 heteroatoms. The molecule has 1 amide bonds. The van der Waals surface area contributed by atoms with E-state index in [1.807, 2.05) is 38.1 Å². The normalized spacial score (nSPS) is 12.7. The lowest BCUT2D eigenvalue weighted by molar-refractivity contribution is 0.100. The third-order valence-corrected chi connectivity index (χ3v) is 5.05. The molecule has 0 saturated carbocycles. The van der Waals surface area contributed by atoms with E-state index < -0.39 is 11.7 Å². The molecule has 0 aliphatic heterocycles. The summed E-state index contributed by atoms with van der Waals surface area (Å²) < 4.78 is 19.8. The number of nitrogens with zero attached hydrogens (tertiary/aromatic N) is 2. The predicted molar refractivity (Wildman–Crippen MR) is 124 cm³/mol. The Morgan fingerprint density at radius 1 is 1.19 bits per heavy atom. The van der Waals surface area contributed by atoms with Crippen molar-refractivity contribution in [1.29, 1.82) is 0 Å². The number of carbonyl (C=O) groups is 1. The number of aromatic nitrogens is 2. The largest absolute Gasteiger partial charge is 0.497 e. The van der Waals surface area contributed by atoms with Gasteiger partial charge < -0.3 is 26.8 Å². The molecule has 0 saturated heterocycles. The number of carbonyl (C=O) groups excluding carboxylic acids is 1. The summed E-state index contributed by atoms with van der Waals surface area (Å²) in [6.07, 6.45) is 2.30. The van der Waals surface area contributed by atoms with Gasteiger partial charge in [-0.05, 0) is 55.8 Å². The number of nitrogens with one attached hydrogen (secondary N) is 2. The van der Waals surface area contributed by atoms with Crippen LogP contribution in [-0.4, -0.2) is 35.1 Å². The lowest BCUT2D eigenvalue weighted by Gasteiger charge is -2.22. The van der Waals surface area contributed by atoms with E-state index in [4.69, 9.17) is 16.2 Å². The molecule has 6 N–H and O–H groups in total. The molecule has 1 aromatic carbocycles. The molecule has 0 spiro atoms. The number of hydrogen-bond donors (Lipinski definition) is 4. The van der Waals surface area contributed by atoms with E-state index in [1.54, 1.807) is 25.4 Å². The Hall–Kier alpha value is -3.72. The molecule has 8 nitrogen and oxygen atoms in total. The molecule has 0 unspecified atom stereocenters. The van der Waals surface area contributed by atoms with E-state index in [9.17, 15) is 9.18 Å². The zero-order valence-corrected chi connectivity index (χ0v) is 18.2. The first kappa shape index (κ1) is 23.0. The molecule has 0 fully saturated rings. The molecule has 0 bridgehead atoms. The van der Waals surface area contributed by atoms with Crippen molar-refractivity contribution in [1.82, 2.24) is 9.97 Å². The summed E-state index contributed by atoms with van der Waals surface area (Å²) in [7, 11) is 1.60. The minimum Gasteiger partial charge on any atom is -0.497 e. The van der Waals surface area contributed by atoms with Gasteiger partial charge in [-0.25, -0.2) is 9.37 Å². The van der Waals surface area contributed by atoms with Crippen LogP contribution in [0.25, 0.3) is 11.3 Å². The summed E-state index contributed by atoms with van der Waals surface area (Å²) in [6, 6.07) is 11.6. The number of nitrogens with two attached hydrogens (primary N) is 2. The first-order chi connectivity index (χ1) is 15.3. The van der Waals surface area contributed by atoms with E-state index >= 15 is 0 Å². The van der Waals surface area contributed by atoms with Crippen LogP contribution in [-0.2, 0) is 0 Å². The van der Waals surface area contributed by atoms with Crippen LogP contribution in [0, 0.1) is 5.82 Å². The lowest BCUT2D eigenvalue weighted by atomic mass is 10.1. The van der Waals surface area contributed by atoms with Crippen molar-refractivity contribution >= 4 is 23.2 Å². The van der Waals surface area contributed by atoms with Crippen LogP contribution in [0.4, 0.5) is 21.7 Å². The fourth-order valence-electron chi connectivity index (χ4n) is 3.22. The van der Waals surface area contributed by atoms with Crippen LogP contribution in [0.3, 0.4) is 0 Å². The summed E-state index contributed by atoms with van der Waals surface area (Å²) in [5, 5.41) is 6.07. The standard InChI is InChI=1S/C23H27FN6O2/c1-4-19(13(2)25)29-23-18(24)12-17(21(26)31)22(30-23)28-15-9-10-27-20(11-15)14-5-7-16(32-3)8-6-14/h5-13,19H,4,25H2,1-3H3,(H2,26,31)(H2,27,28,29,30)/t13-,19+/m0/s1. The minimum atomic E-state index is -0.797. The molecule has 2 atom stereocenters. The van der Waals surface area contributed by atoms with Crippen molar-refractivity contribution in [2.45, 2.75) is 32.4 Å². The number of halogens is 1. The van der Waals surface area contributed by atoms with E-state index in [1.165, 1.54) is 0 Å². The Bertz CT molecular complexity index is 1090. The zero-order chi connectivity index (χ0) is 23.3. The number of primary amides is 1. The third kappa shape index (κ3) is 5.30. The minimum absolute atomic E-state index is 0.00826. The van der Waals surface area contributed by atoms with Crippen molar-refractivity contribution in [2.75, 3.05) is 17.7 Å². The fraction of sp³-hybridized carbons (Fsp3) is 0.261. The van der Waals surface area contributed by atoms with Crippen LogP contribution >= 0.6 is 0 Å². The second-order valence-electron chi connectivity index (χ2n) is 7.38. The topological polar surface area (TPSA) is 128 Å². The average molecular weight is 439 g/mol. The maximum absolute atomic E-state index is 14.6. The molecular weight excluding hydrogens is 411 g/mol. The van der Waals surface area contributed by atoms with Crippen LogP contribution in [0.15, 0.2) is 48.7 Å². The highest BCUT2D eigenvalue weighted by Crippen LogP contribution is 2.27. The highest BCUT2D eigenvalue weighted by atomic mass is 19.1. The van der Waals surface area contributed by atoms with Crippen LogP contribution in [0.5, 0.6) is 5.75 Å². The lowest BCUT2D eigenvalue weighted by Crippen LogP contribution is -2.38. The van der Waals surface area contributed by atoms with Crippen molar-refractivity contribution < 1.29 is 13.9 Å². The van der Waals surface area contributed by atoms with Gasteiger partial charge in [0.1, 0.15) is 11.6 Å². The Kier molecular flexibility index (Phi) is 7.21. The van der Waals surface area contributed by atoms with Crippen LogP contribution < -0.4 is 26.8 Å². The van der Waals surface area contributed by atoms with Crippen molar-refractivity contribution in [3.63, 3.8) is 0 Å². The number of anilines is 3. The summed E-state index contributed by atoms with van der Waals surface area (Å²) in [6.45, 7) is 3.77. The molecule has 32 heavy (non-hydrogen) atoms. The van der Waals surface area contributed by atoms with Gasteiger partial charge in [0.15, 0.2) is 11.6 Å². The zero-order valence-electron chi connectivity index (χ0n) is 18.2. The predicted octanol–water partition coefficient (Wildman–Crippen LogP) is 3.67. The van der Waals surface area contributed by atoms with Crippen molar-refractivity contribution in [2.24, 2.45) is 11.5 Å². The first-order valence-corrected chi connectivity index (χ1v) is 10.2. The molecule has 0 radical (unpaired) electrons. The Balaban J connectivity index is 1.94. The summed E-state index contributed by atoms with van der Waals surface area (Å²) >= 11 is 0. The van der Waals surface area contributed by atoms with Crippen LogP contribution in [0.2, 0.25) is 0 Å². The summed E-state index contributed by atoms with van der Waals surface area (Å²) in [4.78, 5) is 20.6. The molecule has 0 aliphatic rings. The third-order valence-electron chi connectivity index (χ3n) is 5.05. The molecule has 2 heterocycles. The van der Waals surface area contributed by atoms with E-state index in [-0.39, 0.29) is 29.3 Å². The van der Waals surface area contributed by atoms with Crippen molar-refractivity contribution in [3.8, 4) is 17.0 Å². The summed E-state index contributed by atoms with van der Waals surface area (Å²) in [5.41, 5.74) is 13.5. The molecule has 168 valence electrons. The second-order valence-corrected chi connectivity index (χ2v) is 7.38. The molecule has 3 rings (SSSR count). The van der Waals surface area contributed by atoms with Gasteiger partial charge in [-0.15, -0.1) is 0 Å². The van der Waals surface area contributed by atoms with Gasteiger partial charge in [0.2, 0.25) is 0 Å². The second kappa shape index (κ2) is 10.1.